The third-order valence-corrected chi connectivity index (χ3v) is 3.84. The molecule has 0 spiro atoms. The number of alkyl halides is 3. The topological polar surface area (TPSA) is 63.1 Å². The van der Waals surface area contributed by atoms with Gasteiger partial charge in [0.25, 0.3) is 0 Å². The van der Waals surface area contributed by atoms with Gasteiger partial charge in [-0.05, 0) is 26.7 Å². The highest BCUT2D eigenvalue weighted by Crippen LogP contribution is 2.22. The Bertz CT molecular complexity index is 543. The van der Waals surface area contributed by atoms with Crippen LogP contribution in [0.25, 0.3) is 0 Å². The summed E-state index contributed by atoms with van der Waals surface area (Å²) in [6.07, 6.45) is -2.41. The molecule has 2 heterocycles. The van der Waals surface area contributed by atoms with Gasteiger partial charge in [0, 0.05) is 26.1 Å². The fraction of sp³-hybridized carbons (Fsp3) is 0.786. The molecule has 0 bridgehead atoms. The molecule has 0 saturated carbocycles. The Morgan fingerprint density at radius 3 is 2.74 bits per heavy atom. The van der Waals surface area contributed by atoms with E-state index in [2.05, 4.69) is 15.4 Å². The van der Waals surface area contributed by atoms with Gasteiger partial charge in [0.05, 0.1) is 12.6 Å². The molecule has 0 aliphatic carbocycles. The molecule has 1 unspecified atom stereocenters. The summed E-state index contributed by atoms with van der Waals surface area (Å²) in [6.45, 7) is 3.83. The minimum Gasteiger partial charge on any atom is -0.341 e. The van der Waals surface area contributed by atoms with Crippen LogP contribution in [-0.2, 0) is 4.79 Å². The average molecular weight is 333 g/mol. The summed E-state index contributed by atoms with van der Waals surface area (Å²) in [5, 5.41) is 6.61. The molecule has 1 saturated heterocycles. The summed E-state index contributed by atoms with van der Waals surface area (Å²) in [7, 11) is 0. The van der Waals surface area contributed by atoms with Gasteiger partial charge in [-0.25, -0.2) is 9.67 Å². The standard InChI is InChI=1S/C14H22F3N5O/c1-10-19-11(2)22(20-10)12-4-3-7-21(8-12)13(23)5-6-18-9-14(15,16)17/h12,18H,3-9H2,1-2H3. The van der Waals surface area contributed by atoms with Crippen LogP contribution in [0.4, 0.5) is 13.2 Å². The predicted octanol–water partition coefficient (Wildman–Crippen LogP) is 1.60. The molecule has 0 radical (unpaired) electrons. The second-order valence-electron chi connectivity index (χ2n) is 5.83. The van der Waals surface area contributed by atoms with Crippen molar-refractivity contribution in [1.82, 2.24) is 25.0 Å². The van der Waals surface area contributed by atoms with Crippen molar-refractivity contribution in [2.45, 2.75) is 45.3 Å². The average Bonchev–Trinajstić information content (AvgIpc) is 2.81. The van der Waals surface area contributed by atoms with E-state index in [0.717, 1.165) is 18.7 Å². The fourth-order valence-electron chi connectivity index (χ4n) is 2.85. The highest BCUT2D eigenvalue weighted by molar-refractivity contribution is 5.76. The van der Waals surface area contributed by atoms with Crippen LogP contribution in [-0.4, -0.2) is 57.9 Å². The third kappa shape index (κ3) is 5.19. The Hall–Kier alpha value is -1.64. The Balaban J connectivity index is 1.83. The van der Waals surface area contributed by atoms with Crippen LogP contribution in [0.3, 0.4) is 0 Å². The summed E-state index contributed by atoms with van der Waals surface area (Å²) in [5.41, 5.74) is 0. The largest absolute Gasteiger partial charge is 0.401 e. The van der Waals surface area contributed by atoms with Crippen molar-refractivity contribution < 1.29 is 18.0 Å². The summed E-state index contributed by atoms with van der Waals surface area (Å²) >= 11 is 0. The first kappa shape index (κ1) is 17.7. The maximum Gasteiger partial charge on any atom is 0.401 e. The van der Waals surface area contributed by atoms with E-state index in [-0.39, 0.29) is 24.9 Å². The van der Waals surface area contributed by atoms with Gasteiger partial charge in [0.2, 0.25) is 5.91 Å². The smallest absolute Gasteiger partial charge is 0.341 e. The van der Waals surface area contributed by atoms with Gasteiger partial charge in [-0.3, -0.25) is 4.79 Å². The van der Waals surface area contributed by atoms with Crippen LogP contribution in [0.1, 0.15) is 37.0 Å². The maximum atomic E-state index is 12.1. The summed E-state index contributed by atoms with van der Waals surface area (Å²) in [4.78, 5) is 18.1. The summed E-state index contributed by atoms with van der Waals surface area (Å²) in [5.74, 6) is 1.38. The first-order valence-electron chi connectivity index (χ1n) is 7.71. The Morgan fingerprint density at radius 2 is 2.13 bits per heavy atom. The molecule has 1 aromatic rings. The quantitative estimate of drug-likeness (QED) is 0.832. The third-order valence-electron chi connectivity index (χ3n) is 3.84. The second kappa shape index (κ2) is 7.29. The maximum absolute atomic E-state index is 12.1. The van der Waals surface area contributed by atoms with Gasteiger partial charge in [-0.15, -0.1) is 0 Å². The second-order valence-corrected chi connectivity index (χ2v) is 5.83. The molecule has 1 fully saturated rings. The number of hydrogen-bond donors (Lipinski definition) is 1. The van der Waals surface area contributed by atoms with E-state index < -0.39 is 12.7 Å². The van der Waals surface area contributed by atoms with E-state index in [0.29, 0.717) is 18.9 Å². The van der Waals surface area contributed by atoms with Gasteiger partial charge in [0.15, 0.2) is 0 Å². The number of nitrogens with one attached hydrogen (secondary N) is 1. The number of carbonyl (C=O) groups excluding carboxylic acids is 1. The Morgan fingerprint density at radius 1 is 1.39 bits per heavy atom. The molecule has 9 heteroatoms. The first-order chi connectivity index (χ1) is 10.8. The van der Waals surface area contributed by atoms with Gasteiger partial charge in [0.1, 0.15) is 11.6 Å². The van der Waals surface area contributed by atoms with Crippen molar-refractivity contribution in [3.8, 4) is 0 Å². The van der Waals surface area contributed by atoms with Crippen LogP contribution >= 0.6 is 0 Å². The number of amides is 1. The zero-order valence-corrected chi connectivity index (χ0v) is 13.4. The van der Waals surface area contributed by atoms with Crippen molar-refractivity contribution in [3.05, 3.63) is 11.6 Å². The number of aryl methyl sites for hydroxylation is 2. The van der Waals surface area contributed by atoms with Gasteiger partial charge in [-0.1, -0.05) is 0 Å². The van der Waals surface area contributed by atoms with Crippen molar-refractivity contribution in [3.63, 3.8) is 0 Å². The number of halogens is 3. The predicted molar refractivity (Wildman–Crippen MR) is 77.9 cm³/mol. The van der Waals surface area contributed by atoms with Crippen LogP contribution in [0.15, 0.2) is 0 Å². The van der Waals surface area contributed by atoms with Gasteiger partial charge < -0.3 is 10.2 Å². The minimum absolute atomic E-state index is 0.0287. The molecular weight excluding hydrogens is 311 g/mol. The van der Waals surface area contributed by atoms with E-state index in [1.807, 2.05) is 18.5 Å². The normalized spacial score (nSPS) is 19.2. The van der Waals surface area contributed by atoms with E-state index in [9.17, 15) is 18.0 Å². The number of aromatic nitrogens is 3. The number of rotatable bonds is 5. The zero-order valence-electron chi connectivity index (χ0n) is 13.4. The molecule has 0 aromatic carbocycles. The molecule has 6 nitrogen and oxygen atoms in total. The number of hydrogen-bond acceptors (Lipinski definition) is 4. The molecule has 1 aromatic heterocycles. The highest BCUT2D eigenvalue weighted by Gasteiger charge is 2.28. The van der Waals surface area contributed by atoms with E-state index in [1.54, 1.807) is 4.90 Å². The van der Waals surface area contributed by atoms with E-state index in [4.69, 9.17) is 0 Å². The fourth-order valence-corrected chi connectivity index (χ4v) is 2.85. The number of piperidine rings is 1. The first-order valence-corrected chi connectivity index (χ1v) is 7.71. The molecule has 1 atom stereocenters. The summed E-state index contributed by atoms with van der Waals surface area (Å²) < 4.78 is 38.0. The number of carbonyl (C=O) groups is 1. The van der Waals surface area contributed by atoms with Gasteiger partial charge >= 0.3 is 6.18 Å². The van der Waals surface area contributed by atoms with Crippen molar-refractivity contribution in [1.29, 1.82) is 0 Å². The molecule has 130 valence electrons. The van der Waals surface area contributed by atoms with Gasteiger partial charge in [-0.2, -0.15) is 18.3 Å². The van der Waals surface area contributed by atoms with Crippen molar-refractivity contribution in [2.24, 2.45) is 0 Å². The van der Waals surface area contributed by atoms with Crippen LogP contribution in [0.2, 0.25) is 0 Å². The number of nitrogens with zero attached hydrogens (tertiary/aromatic N) is 4. The molecule has 1 amide bonds. The molecule has 23 heavy (non-hydrogen) atoms. The minimum atomic E-state index is -4.25. The lowest BCUT2D eigenvalue weighted by Gasteiger charge is -2.33. The molecule has 1 aliphatic heterocycles. The van der Waals surface area contributed by atoms with Crippen molar-refractivity contribution in [2.75, 3.05) is 26.2 Å². The van der Waals surface area contributed by atoms with E-state index >= 15 is 0 Å². The van der Waals surface area contributed by atoms with E-state index in [1.165, 1.54) is 0 Å². The van der Waals surface area contributed by atoms with Crippen LogP contribution in [0.5, 0.6) is 0 Å². The Labute approximate surface area is 133 Å². The lowest BCUT2D eigenvalue weighted by atomic mass is 10.1. The molecule has 1 N–H and O–H groups in total. The lowest BCUT2D eigenvalue weighted by molar-refractivity contribution is -0.134. The highest BCUT2D eigenvalue weighted by atomic mass is 19.4. The monoisotopic (exact) mass is 333 g/mol. The molecular formula is C14H22F3N5O. The molecule has 1 aliphatic rings. The zero-order chi connectivity index (χ0) is 17.0. The Kier molecular flexibility index (Phi) is 5.61. The SMILES string of the molecule is Cc1nc(C)n(C2CCCN(C(=O)CCNCC(F)(F)F)C2)n1. The number of likely N-dealkylation sites (tertiary alicyclic amines) is 1. The molecule has 2 rings (SSSR count). The lowest BCUT2D eigenvalue weighted by Crippen LogP contribution is -2.42. The summed E-state index contributed by atoms with van der Waals surface area (Å²) in [6, 6.07) is 0.0806. The van der Waals surface area contributed by atoms with Crippen LogP contribution in [0, 0.1) is 13.8 Å². The van der Waals surface area contributed by atoms with Crippen molar-refractivity contribution >= 4 is 5.91 Å². The van der Waals surface area contributed by atoms with Crippen LogP contribution < -0.4 is 5.32 Å².